The number of aryl methyl sites for hydroxylation is 2. The molecule has 0 fully saturated rings. The van der Waals surface area contributed by atoms with Gasteiger partial charge >= 0.3 is 0 Å². The summed E-state index contributed by atoms with van der Waals surface area (Å²) in [4.78, 5) is 0. The number of hydrogen-bond acceptors (Lipinski definition) is 1. The minimum Gasteiger partial charge on any atom is -0.310 e. The van der Waals surface area contributed by atoms with E-state index in [9.17, 15) is 0 Å². The second-order valence-electron chi connectivity index (χ2n) is 7.16. The summed E-state index contributed by atoms with van der Waals surface area (Å²) in [7, 11) is 0. The minimum absolute atomic E-state index is 0.519. The van der Waals surface area contributed by atoms with E-state index in [-0.39, 0.29) is 0 Å². The van der Waals surface area contributed by atoms with Crippen LogP contribution in [0.3, 0.4) is 0 Å². The van der Waals surface area contributed by atoms with Gasteiger partial charge in [0.2, 0.25) is 0 Å². The molecule has 0 atom stereocenters. The maximum atomic E-state index is 3.52. The molecule has 0 aliphatic heterocycles. The maximum absolute atomic E-state index is 3.52. The molecule has 0 saturated heterocycles. The highest BCUT2D eigenvalue weighted by Gasteiger charge is 2.13. The Morgan fingerprint density at radius 3 is 2.52 bits per heavy atom. The van der Waals surface area contributed by atoms with Gasteiger partial charge in [0.15, 0.2) is 0 Å². The maximum Gasteiger partial charge on any atom is 0.0208 e. The predicted molar refractivity (Wildman–Crippen MR) is 100 cm³/mol. The van der Waals surface area contributed by atoms with Crippen molar-refractivity contribution in [3.8, 4) is 0 Å². The van der Waals surface area contributed by atoms with Crippen LogP contribution < -0.4 is 5.32 Å². The van der Waals surface area contributed by atoms with Crippen LogP contribution in [0.4, 0.5) is 0 Å². The van der Waals surface area contributed by atoms with Gasteiger partial charge in [0, 0.05) is 12.6 Å². The fraction of sp³-hybridized carbons (Fsp3) is 0.364. The van der Waals surface area contributed by atoms with Gasteiger partial charge in [-0.25, -0.2) is 0 Å². The Kier molecular flexibility index (Phi) is 3.82. The first-order valence-corrected chi connectivity index (χ1v) is 8.92. The minimum atomic E-state index is 0.519. The van der Waals surface area contributed by atoms with E-state index in [1.54, 1.807) is 11.1 Å². The summed E-state index contributed by atoms with van der Waals surface area (Å²) in [5.41, 5.74) is 4.54. The molecule has 3 aromatic carbocycles. The number of benzene rings is 3. The standard InChI is InChI=1S/C22H25N/c1-15(2)23-14-16-7-8-18-10-11-20-19-6-4-3-5-17(19)9-12-21(20)22(18)13-16/h7-13,15,23H,3-6,14H2,1-2H3. The summed E-state index contributed by atoms with van der Waals surface area (Å²) < 4.78 is 0. The van der Waals surface area contributed by atoms with E-state index < -0.39 is 0 Å². The van der Waals surface area contributed by atoms with Crippen molar-refractivity contribution < 1.29 is 0 Å². The zero-order valence-electron chi connectivity index (χ0n) is 14.2. The topological polar surface area (TPSA) is 12.0 Å². The fourth-order valence-electron chi connectivity index (χ4n) is 3.87. The third-order valence-electron chi connectivity index (χ3n) is 5.13. The molecular formula is C22H25N. The smallest absolute Gasteiger partial charge is 0.0208 e. The van der Waals surface area contributed by atoms with Crippen LogP contribution in [0.5, 0.6) is 0 Å². The van der Waals surface area contributed by atoms with E-state index in [1.165, 1.54) is 52.8 Å². The van der Waals surface area contributed by atoms with Gasteiger partial charge in [-0.15, -0.1) is 0 Å². The summed E-state index contributed by atoms with van der Waals surface area (Å²) >= 11 is 0. The van der Waals surface area contributed by atoms with Crippen molar-refractivity contribution in [1.82, 2.24) is 5.32 Å². The van der Waals surface area contributed by atoms with E-state index >= 15 is 0 Å². The first kappa shape index (κ1) is 14.7. The molecule has 1 nitrogen and oxygen atoms in total. The zero-order valence-corrected chi connectivity index (χ0v) is 14.2. The van der Waals surface area contributed by atoms with Crippen LogP contribution in [0, 0.1) is 0 Å². The first-order valence-electron chi connectivity index (χ1n) is 8.92. The molecule has 0 heterocycles. The van der Waals surface area contributed by atoms with Gasteiger partial charge < -0.3 is 5.32 Å². The molecule has 0 aromatic heterocycles. The third kappa shape index (κ3) is 2.74. The molecule has 0 bridgehead atoms. The van der Waals surface area contributed by atoms with Gasteiger partial charge in [-0.05, 0) is 70.0 Å². The second-order valence-corrected chi connectivity index (χ2v) is 7.16. The predicted octanol–water partition coefficient (Wildman–Crippen LogP) is 5.37. The van der Waals surface area contributed by atoms with Gasteiger partial charge in [0.25, 0.3) is 0 Å². The number of fused-ring (bicyclic) bond motifs is 5. The number of rotatable bonds is 3. The lowest BCUT2D eigenvalue weighted by molar-refractivity contribution is 0.589. The number of hydrogen-bond donors (Lipinski definition) is 1. The van der Waals surface area contributed by atoms with Crippen molar-refractivity contribution in [3.63, 3.8) is 0 Å². The summed E-state index contributed by atoms with van der Waals surface area (Å²) in [5, 5.41) is 9.18. The molecule has 1 aliphatic rings. The Morgan fingerprint density at radius 1 is 0.870 bits per heavy atom. The van der Waals surface area contributed by atoms with E-state index in [2.05, 4.69) is 61.6 Å². The van der Waals surface area contributed by atoms with E-state index in [0.29, 0.717) is 6.04 Å². The van der Waals surface area contributed by atoms with Gasteiger partial charge in [-0.2, -0.15) is 0 Å². The molecule has 4 rings (SSSR count). The van der Waals surface area contributed by atoms with Crippen LogP contribution in [0.2, 0.25) is 0 Å². The Bertz CT molecular complexity index is 861. The molecular weight excluding hydrogens is 278 g/mol. The molecule has 118 valence electrons. The van der Waals surface area contributed by atoms with E-state index in [4.69, 9.17) is 0 Å². The number of nitrogens with one attached hydrogen (secondary N) is 1. The lowest BCUT2D eigenvalue weighted by atomic mass is 9.86. The Hall–Kier alpha value is -1.86. The average molecular weight is 303 g/mol. The van der Waals surface area contributed by atoms with Crippen molar-refractivity contribution in [2.45, 2.75) is 52.1 Å². The van der Waals surface area contributed by atoms with Crippen molar-refractivity contribution in [1.29, 1.82) is 0 Å². The quantitative estimate of drug-likeness (QED) is 0.641. The molecule has 0 spiro atoms. The lowest BCUT2D eigenvalue weighted by Crippen LogP contribution is -2.21. The van der Waals surface area contributed by atoms with Crippen LogP contribution in [0.15, 0.2) is 42.5 Å². The van der Waals surface area contributed by atoms with Crippen LogP contribution in [-0.2, 0) is 19.4 Å². The SMILES string of the molecule is CC(C)NCc1ccc2ccc3c4c(ccc3c2c1)CCCC4. The summed E-state index contributed by atoms with van der Waals surface area (Å²) in [6.45, 7) is 5.33. The fourth-order valence-corrected chi connectivity index (χ4v) is 3.87. The molecule has 0 radical (unpaired) electrons. The molecule has 1 N–H and O–H groups in total. The lowest BCUT2D eigenvalue weighted by Gasteiger charge is -2.19. The summed E-state index contributed by atoms with van der Waals surface area (Å²) in [6.07, 6.45) is 5.17. The molecule has 3 aromatic rings. The van der Waals surface area contributed by atoms with E-state index in [0.717, 1.165) is 6.54 Å². The van der Waals surface area contributed by atoms with Crippen molar-refractivity contribution in [3.05, 3.63) is 59.2 Å². The van der Waals surface area contributed by atoms with Crippen LogP contribution in [0.1, 0.15) is 43.4 Å². The van der Waals surface area contributed by atoms with Crippen molar-refractivity contribution >= 4 is 21.5 Å². The van der Waals surface area contributed by atoms with Gasteiger partial charge in [-0.3, -0.25) is 0 Å². The second kappa shape index (κ2) is 5.98. The highest BCUT2D eigenvalue weighted by atomic mass is 14.9. The normalized spacial score (nSPS) is 14.6. The third-order valence-corrected chi connectivity index (χ3v) is 5.13. The van der Waals surface area contributed by atoms with Gasteiger partial charge in [0.1, 0.15) is 0 Å². The summed E-state index contributed by atoms with van der Waals surface area (Å²) in [6, 6.07) is 16.8. The molecule has 0 unspecified atom stereocenters. The zero-order chi connectivity index (χ0) is 15.8. The monoisotopic (exact) mass is 303 g/mol. The van der Waals surface area contributed by atoms with Crippen LogP contribution >= 0.6 is 0 Å². The van der Waals surface area contributed by atoms with Gasteiger partial charge in [0.05, 0.1) is 0 Å². The molecule has 23 heavy (non-hydrogen) atoms. The summed E-state index contributed by atoms with van der Waals surface area (Å²) in [5.74, 6) is 0. The van der Waals surface area contributed by atoms with Crippen molar-refractivity contribution in [2.75, 3.05) is 0 Å². The molecule has 0 saturated carbocycles. The van der Waals surface area contributed by atoms with Crippen LogP contribution in [0.25, 0.3) is 21.5 Å². The van der Waals surface area contributed by atoms with Crippen molar-refractivity contribution in [2.24, 2.45) is 0 Å². The molecule has 1 heteroatoms. The highest BCUT2D eigenvalue weighted by molar-refractivity contribution is 6.09. The van der Waals surface area contributed by atoms with E-state index in [1.807, 2.05) is 0 Å². The molecule has 0 amide bonds. The Morgan fingerprint density at radius 2 is 1.65 bits per heavy atom. The molecule has 1 aliphatic carbocycles. The highest BCUT2D eigenvalue weighted by Crippen LogP contribution is 2.33. The average Bonchev–Trinajstić information content (AvgIpc) is 2.59. The Labute approximate surface area is 138 Å². The van der Waals surface area contributed by atoms with Gasteiger partial charge in [-0.1, -0.05) is 50.2 Å². The Balaban J connectivity index is 1.87. The largest absolute Gasteiger partial charge is 0.310 e. The van der Waals surface area contributed by atoms with Crippen LogP contribution in [-0.4, -0.2) is 6.04 Å². The first-order chi connectivity index (χ1) is 11.2.